The molecule has 1 aromatic carbocycles. The zero-order chi connectivity index (χ0) is 12.8. The van der Waals surface area contributed by atoms with Crippen LogP contribution in [0.25, 0.3) is 0 Å². The van der Waals surface area contributed by atoms with Crippen molar-refractivity contribution in [2.24, 2.45) is 0 Å². The molecule has 2 N–H and O–H groups in total. The number of para-hydroxylation sites is 1. The highest BCUT2D eigenvalue weighted by molar-refractivity contribution is 9.10. The summed E-state index contributed by atoms with van der Waals surface area (Å²) < 4.78 is 1.14. The van der Waals surface area contributed by atoms with Crippen LogP contribution in [-0.2, 0) is 0 Å². The molecule has 1 aromatic rings. The zero-order valence-corrected chi connectivity index (χ0v) is 12.7. The summed E-state index contributed by atoms with van der Waals surface area (Å²) in [6.45, 7) is 3.46. The van der Waals surface area contributed by atoms with Gasteiger partial charge >= 0.3 is 0 Å². The van der Waals surface area contributed by atoms with Gasteiger partial charge in [0.05, 0.1) is 0 Å². The number of hydrogen-bond donors (Lipinski definition) is 2. The van der Waals surface area contributed by atoms with Crippen molar-refractivity contribution in [3.05, 3.63) is 28.7 Å². The van der Waals surface area contributed by atoms with Crippen molar-refractivity contribution in [3.63, 3.8) is 0 Å². The van der Waals surface area contributed by atoms with Crippen LogP contribution in [0.5, 0.6) is 0 Å². The molecule has 2 rings (SSSR count). The lowest BCUT2D eigenvalue weighted by Crippen LogP contribution is -2.33. The first kappa shape index (κ1) is 13.9. The van der Waals surface area contributed by atoms with E-state index in [0.717, 1.165) is 4.47 Å². The van der Waals surface area contributed by atoms with E-state index in [4.69, 9.17) is 0 Å². The number of rotatable bonds is 4. The Kier molecular flexibility index (Phi) is 5.51. The molecule has 0 aliphatic carbocycles. The largest absolute Gasteiger partial charge is 0.382 e. The molecule has 2 unspecified atom stereocenters. The minimum absolute atomic E-state index is 0.499. The van der Waals surface area contributed by atoms with Gasteiger partial charge in [0.25, 0.3) is 0 Å². The first-order valence-corrected chi connectivity index (χ1v) is 7.79. The fourth-order valence-electron chi connectivity index (χ4n) is 2.63. The Bertz CT molecular complexity index is 359. The fraction of sp³-hybridized carbons (Fsp3) is 0.600. The molecule has 1 heterocycles. The number of anilines is 1. The van der Waals surface area contributed by atoms with E-state index < -0.39 is 0 Å². The Balaban J connectivity index is 1.84. The first-order valence-electron chi connectivity index (χ1n) is 7.00. The Morgan fingerprint density at radius 3 is 3.00 bits per heavy atom. The van der Waals surface area contributed by atoms with Crippen molar-refractivity contribution in [1.82, 2.24) is 5.32 Å². The normalized spacial score (nSPS) is 22.2. The SMILES string of the molecule is CC(CC1CCCCCN1)Nc1ccccc1Br. The molecule has 0 aromatic heterocycles. The molecule has 2 nitrogen and oxygen atoms in total. The molecule has 18 heavy (non-hydrogen) atoms. The summed E-state index contributed by atoms with van der Waals surface area (Å²) in [6, 6.07) is 9.51. The third-order valence-electron chi connectivity index (χ3n) is 3.58. The number of halogens is 1. The maximum Gasteiger partial charge on any atom is 0.0486 e. The highest BCUT2D eigenvalue weighted by atomic mass is 79.9. The Hall–Kier alpha value is -0.540. The van der Waals surface area contributed by atoms with Crippen LogP contribution in [0.2, 0.25) is 0 Å². The molecule has 0 radical (unpaired) electrons. The van der Waals surface area contributed by atoms with Crippen LogP contribution in [0.1, 0.15) is 39.0 Å². The second-order valence-electron chi connectivity index (χ2n) is 5.26. The summed E-state index contributed by atoms with van der Waals surface area (Å²) in [4.78, 5) is 0. The smallest absolute Gasteiger partial charge is 0.0486 e. The van der Waals surface area contributed by atoms with Crippen molar-refractivity contribution in [1.29, 1.82) is 0 Å². The molecule has 0 spiro atoms. The minimum atomic E-state index is 0.499. The topological polar surface area (TPSA) is 24.1 Å². The summed E-state index contributed by atoms with van der Waals surface area (Å²) >= 11 is 3.58. The van der Waals surface area contributed by atoms with E-state index in [-0.39, 0.29) is 0 Å². The van der Waals surface area contributed by atoms with Crippen molar-refractivity contribution < 1.29 is 0 Å². The average Bonchev–Trinajstić information content (AvgIpc) is 2.61. The lowest BCUT2D eigenvalue weighted by atomic mass is 10.0. The Morgan fingerprint density at radius 1 is 1.33 bits per heavy atom. The molecule has 1 saturated heterocycles. The maximum atomic E-state index is 3.66. The Labute approximate surface area is 119 Å². The van der Waals surface area contributed by atoms with Crippen molar-refractivity contribution in [2.75, 3.05) is 11.9 Å². The number of benzene rings is 1. The summed E-state index contributed by atoms with van der Waals surface area (Å²) in [5.74, 6) is 0. The van der Waals surface area contributed by atoms with Gasteiger partial charge in [0.15, 0.2) is 0 Å². The predicted octanol–water partition coefficient (Wildman–Crippen LogP) is 4.17. The second-order valence-corrected chi connectivity index (χ2v) is 6.12. The van der Waals surface area contributed by atoms with Gasteiger partial charge in [-0.2, -0.15) is 0 Å². The number of hydrogen-bond acceptors (Lipinski definition) is 2. The summed E-state index contributed by atoms with van der Waals surface area (Å²) in [5, 5.41) is 7.25. The van der Waals surface area contributed by atoms with Gasteiger partial charge in [0, 0.05) is 22.2 Å². The van der Waals surface area contributed by atoms with Crippen molar-refractivity contribution in [2.45, 2.75) is 51.1 Å². The van der Waals surface area contributed by atoms with Gasteiger partial charge in [-0.1, -0.05) is 25.0 Å². The molecule has 100 valence electrons. The van der Waals surface area contributed by atoms with Gasteiger partial charge in [-0.3, -0.25) is 0 Å². The summed E-state index contributed by atoms with van der Waals surface area (Å²) in [5.41, 5.74) is 1.19. The summed E-state index contributed by atoms with van der Waals surface area (Å²) in [7, 11) is 0. The third kappa shape index (κ3) is 4.29. The molecule has 1 fully saturated rings. The van der Waals surface area contributed by atoms with Gasteiger partial charge in [0.1, 0.15) is 0 Å². The van der Waals surface area contributed by atoms with Crippen LogP contribution in [0.15, 0.2) is 28.7 Å². The van der Waals surface area contributed by atoms with E-state index in [0.29, 0.717) is 12.1 Å². The van der Waals surface area contributed by atoms with Gasteiger partial charge in [-0.05, 0) is 60.8 Å². The van der Waals surface area contributed by atoms with E-state index in [2.05, 4.69) is 51.7 Å². The lowest BCUT2D eigenvalue weighted by molar-refractivity contribution is 0.456. The second kappa shape index (κ2) is 7.15. The van der Waals surface area contributed by atoms with Crippen LogP contribution < -0.4 is 10.6 Å². The fourth-order valence-corrected chi connectivity index (χ4v) is 3.03. The van der Waals surface area contributed by atoms with E-state index >= 15 is 0 Å². The molecule has 1 aliphatic heterocycles. The van der Waals surface area contributed by atoms with E-state index in [1.807, 2.05) is 6.07 Å². The molecule has 3 heteroatoms. The van der Waals surface area contributed by atoms with E-state index in [1.165, 1.54) is 44.3 Å². The van der Waals surface area contributed by atoms with Crippen molar-refractivity contribution in [3.8, 4) is 0 Å². The third-order valence-corrected chi connectivity index (χ3v) is 4.27. The van der Waals surface area contributed by atoms with Gasteiger partial charge in [-0.15, -0.1) is 0 Å². The predicted molar refractivity (Wildman–Crippen MR) is 82.1 cm³/mol. The van der Waals surface area contributed by atoms with Crippen LogP contribution >= 0.6 is 15.9 Å². The van der Waals surface area contributed by atoms with Gasteiger partial charge in [-0.25, -0.2) is 0 Å². The number of nitrogens with one attached hydrogen (secondary N) is 2. The zero-order valence-electron chi connectivity index (χ0n) is 11.1. The molecule has 0 amide bonds. The highest BCUT2D eigenvalue weighted by Gasteiger charge is 2.15. The molecule has 0 bridgehead atoms. The lowest BCUT2D eigenvalue weighted by Gasteiger charge is -2.22. The van der Waals surface area contributed by atoms with Crippen molar-refractivity contribution >= 4 is 21.6 Å². The monoisotopic (exact) mass is 310 g/mol. The molecular formula is C15H23BrN2. The van der Waals surface area contributed by atoms with E-state index in [9.17, 15) is 0 Å². The standard InChI is InChI=1S/C15H23BrN2/c1-12(11-13-7-3-2-6-10-17-13)18-15-9-5-4-8-14(15)16/h4-5,8-9,12-13,17-18H,2-3,6-7,10-11H2,1H3. The average molecular weight is 311 g/mol. The van der Waals surface area contributed by atoms with E-state index in [1.54, 1.807) is 0 Å². The minimum Gasteiger partial charge on any atom is -0.382 e. The molecular weight excluding hydrogens is 288 g/mol. The summed E-state index contributed by atoms with van der Waals surface area (Å²) in [6.07, 6.45) is 6.61. The molecule has 1 aliphatic rings. The molecule has 0 saturated carbocycles. The van der Waals surface area contributed by atoms with Gasteiger partial charge in [0.2, 0.25) is 0 Å². The Morgan fingerprint density at radius 2 is 2.17 bits per heavy atom. The van der Waals surface area contributed by atoms with Crippen LogP contribution in [-0.4, -0.2) is 18.6 Å². The van der Waals surface area contributed by atoms with Crippen LogP contribution in [0.4, 0.5) is 5.69 Å². The quantitative estimate of drug-likeness (QED) is 0.872. The first-order chi connectivity index (χ1) is 8.75. The highest BCUT2D eigenvalue weighted by Crippen LogP contribution is 2.23. The van der Waals surface area contributed by atoms with Crippen LogP contribution in [0.3, 0.4) is 0 Å². The molecule has 2 atom stereocenters. The van der Waals surface area contributed by atoms with Gasteiger partial charge < -0.3 is 10.6 Å². The van der Waals surface area contributed by atoms with Crippen LogP contribution in [0, 0.1) is 0 Å². The maximum absolute atomic E-state index is 3.66.